The van der Waals surface area contributed by atoms with E-state index in [2.05, 4.69) is 0 Å². The molecule has 1 atom stereocenters. The van der Waals surface area contributed by atoms with Crippen LogP contribution in [0.3, 0.4) is 0 Å². The van der Waals surface area contributed by atoms with E-state index < -0.39 is 0 Å². The molecule has 0 aliphatic carbocycles. The lowest BCUT2D eigenvalue weighted by Gasteiger charge is -2.19. The number of carbonyl (C=O) groups excluding carboxylic acids is 1. The van der Waals surface area contributed by atoms with E-state index >= 15 is 0 Å². The summed E-state index contributed by atoms with van der Waals surface area (Å²) >= 11 is 0. The smallest absolute Gasteiger partial charge is 0.223 e. The summed E-state index contributed by atoms with van der Waals surface area (Å²) in [5.41, 5.74) is 5.66. The Morgan fingerprint density at radius 1 is 1.80 bits per heavy atom. The Morgan fingerprint density at radius 2 is 2.50 bits per heavy atom. The molecule has 1 heterocycles. The van der Waals surface area contributed by atoms with Gasteiger partial charge in [0.15, 0.2) is 0 Å². The van der Waals surface area contributed by atoms with Gasteiger partial charge >= 0.3 is 0 Å². The number of likely N-dealkylation sites (tertiary alicyclic amines) is 1. The van der Waals surface area contributed by atoms with Gasteiger partial charge < -0.3 is 10.6 Å². The number of rotatable bonds is 1. The van der Waals surface area contributed by atoms with Crippen LogP contribution in [0.1, 0.15) is 26.2 Å². The molecule has 1 aliphatic rings. The molecule has 1 saturated heterocycles. The van der Waals surface area contributed by atoms with Crippen molar-refractivity contribution in [1.29, 1.82) is 0 Å². The number of nitrogens with two attached hydrogens (primary N) is 1. The van der Waals surface area contributed by atoms with Crippen molar-refractivity contribution < 1.29 is 4.79 Å². The molecule has 0 aromatic rings. The van der Waals surface area contributed by atoms with Gasteiger partial charge in [0.2, 0.25) is 5.91 Å². The maximum absolute atomic E-state index is 11.1. The highest BCUT2D eigenvalue weighted by Crippen LogP contribution is 2.13. The lowest BCUT2D eigenvalue weighted by Crippen LogP contribution is -2.40. The molecule has 0 spiro atoms. The molecule has 1 unspecified atom stereocenters. The summed E-state index contributed by atoms with van der Waals surface area (Å²) in [6.45, 7) is 2.72. The van der Waals surface area contributed by atoms with Crippen LogP contribution >= 0.6 is 0 Å². The molecule has 3 nitrogen and oxygen atoms in total. The fourth-order valence-corrected chi connectivity index (χ4v) is 1.31. The summed E-state index contributed by atoms with van der Waals surface area (Å²) in [7, 11) is 0. The predicted molar refractivity (Wildman–Crippen MR) is 39.2 cm³/mol. The topological polar surface area (TPSA) is 46.3 Å². The van der Waals surface area contributed by atoms with Crippen molar-refractivity contribution in [3.63, 3.8) is 0 Å². The fraction of sp³-hybridized carbons (Fsp3) is 0.857. The Labute approximate surface area is 61.2 Å². The molecule has 1 aliphatic heterocycles. The van der Waals surface area contributed by atoms with E-state index in [0.29, 0.717) is 6.42 Å². The van der Waals surface area contributed by atoms with Crippen molar-refractivity contribution in [1.82, 2.24) is 4.90 Å². The Kier molecular flexibility index (Phi) is 2.27. The van der Waals surface area contributed by atoms with E-state index in [4.69, 9.17) is 5.73 Å². The number of carbonyl (C=O) groups is 1. The lowest BCUT2D eigenvalue weighted by molar-refractivity contribution is -0.131. The van der Waals surface area contributed by atoms with Gasteiger partial charge in [-0.25, -0.2) is 0 Å². The van der Waals surface area contributed by atoms with Gasteiger partial charge in [0.25, 0.3) is 0 Å². The quantitative estimate of drug-likeness (QED) is 0.572. The highest BCUT2D eigenvalue weighted by atomic mass is 16.2. The second kappa shape index (κ2) is 3.01. The first-order valence-electron chi connectivity index (χ1n) is 3.80. The normalized spacial score (nSPS) is 25.4. The minimum Gasteiger partial charge on any atom is -0.327 e. The zero-order valence-corrected chi connectivity index (χ0v) is 6.34. The molecule has 1 rings (SSSR count). The van der Waals surface area contributed by atoms with Crippen molar-refractivity contribution >= 4 is 5.91 Å². The van der Waals surface area contributed by atoms with Crippen LogP contribution in [0.25, 0.3) is 0 Å². The average Bonchev–Trinajstić information content (AvgIpc) is 2.34. The Hall–Kier alpha value is -0.570. The lowest BCUT2D eigenvalue weighted by atomic mass is 10.3. The highest BCUT2D eigenvalue weighted by molar-refractivity contribution is 5.76. The average molecular weight is 142 g/mol. The molecule has 0 bridgehead atoms. The van der Waals surface area contributed by atoms with Crippen LogP contribution in [0.4, 0.5) is 0 Å². The highest BCUT2D eigenvalue weighted by Gasteiger charge is 2.23. The third-order valence-corrected chi connectivity index (χ3v) is 1.92. The number of nitrogens with zero attached hydrogens (tertiary/aromatic N) is 1. The molecule has 0 radical (unpaired) electrons. The minimum absolute atomic E-state index is 0.00699. The van der Waals surface area contributed by atoms with E-state index in [9.17, 15) is 4.79 Å². The van der Waals surface area contributed by atoms with Gasteiger partial charge in [-0.1, -0.05) is 6.92 Å². The van der Waals surface area contributed by atoms with Crippen molar-refractivity contribution in [2.45, 2.75) is 32.4 Å². The predicted octanol–water partition coefficient (Wildman–Crippen LogP) is 0.304. The third-order valence-electron chi connectivity index (χ3n) is 1.92. The van der Waals surface area contributed by atoms with E-state index in [0.717, 1.165) is 19.4 Å². The molecule has 0 aromatic heterocycles. The maximum atomic E-state index is 11.1. The van der Waals surface area contributed by atoms with Gasteiger partial charge in [0.05, 0.1) is 6.17 Å². The number of amides is 1. The summed E-state index contributed by atoms with van der Waals surface area (Å²) in [5.74, 6) is 0.185. The number of hydrogen-bond acceptors (Lipinski definition) is 2. The Bertz CT molecular complexity index is 136. The molecule has 0 saturated carbocycles. The number of hydrogen-bond donors (Lipinski definition) is 1. The van der Waals surface area contributed by atoms with Crippen molar-refractivity contribution in [2.75, 3.05) is 6.54 Å². The fourth-order valence-electron chi connectivity index (χ4n) is 1.31. The molecule has 58 valence electrons. The Balaban J connectivity index is 2.46. The first kappa shape index (κ1) is 7.54. The summed E-state index contributed by atoms with van der Waals surface area (Å²) < 4.78 is 0. The first-order valence-corrected chi connectivity index (χ1v) is 3.80. The molecule has 10 heavy (non-hydrogen) atoms. The molecule has 1 amide bonds. The summed E-state index contributed by atoms with van der Waals surface area (Å²) in [4.78, 5) is 12.8. The van der Waals surface area contributed by atoms with E-state index in [1.165, 1.54) is 0 Å². The van der Waals surface area contributed by atoms with Gasteiger partial charge in [-0.3, -0.25) is 4.79 Å². The van der Waals surface area contributed by atoms with Crippen molar-refractivity contribution in [2.24, 2.45) is 5.73 Å². The Morgan fingerprint density at radius 3 is 2.90 bits per heavy atom. The minimum atomic E-state index is -0.00699. The molecular formula is C7H14N2O. The first-order chi connectivity index (χ1) is 4.75. The van der Waals surface area contributed by atoms with Crippen LogP contribution < -0.4 is 5.73 Å². The molecule has 3 heteroatoms. The zero-order chi connectivity index (χ0) is 7.56. The molecular weight excluding hydrogens is 128 g/mol. The third kappa shape index (κ3) is 1.29. The monoisotopic (exact) mass is 142 g/mol. The SMILES string of the molecule is CCC(=O)N1CCCC1N. The molecule has 2 N–H and O–H groups in total. The van der Waals surface area contributed by atoms with Crippen LogP contribution in [-0.4, -0.2) is 23.5 Å². The maximum Gasteiger partial charge on any atom is 0.223 e. The van der Waals surface area contributed by atoms with Gasteiger partial charge in [0, 0.05) is 13.0 Å². The largest absolute Gasteiger partial charge is 0.327 e. The van der Waals surface area contributed by atoms with Crippen molar-refractivity contribution in [3.8, 4) is 0 Å². The second-order valence-corrected chi connectivity index (χ2v) is 2.65. The standard InChI is InChI=1S/C7H14N2O/c1-2-7(10)9-5-3-4-6(9)8/h6H,2-5,8H2,1H3. The summed E-state index contributed by atoms with van der Waals surface area (Å²) in [6.07, 6.45) is 2.60. The zero-order valence-electron chi connectivity index (χ0n) is 6.34. The van der Waals surface area contributed by atoms with Crippen LogP contribution in [0, 0.1) is 0 Å². The molecule has 0 aromatic carbocycles. The van der Waals surface area contributed by atoms with E-state index in [1.807, 2.05) is 6.92 Å². The second-order valence-electron chi connectivity index (χ2n) is 2.65. The van der Waals surface area contributed by atoms with Gasteiger partial charge in [-0.05, 0) is 12.8 Å². The van der Waals surface area contributed by atoms with Crippen LogP contribution in [0.5, 0.6) is 0 Å². The van der Waals surface area contributed by atoms with Crippen molar-refractivity contribution in [3.05, 3.63) is 0 Å². The van der Waals surface area contributed by atoms with Crippen LogP contribution in [-0.2, 0) is 4.79 Å². The van der Waals surface area contributed by atoms with E-state index in [1.54, 1.807) is 4.90 Å². The van der Waals surface area contributed by atoms with Gasteiger partial charge in [0.1, 0.15) is 0 Å². The summed E-state index contributed by atoms with van der Waals surface area (Å²) in [5, 5.41) is 0. The van der Waals surface area contributed by atoms with E-state index in [-0.39, 0.29) is 12.1 Å². The molecule has 1 fully saturated rings. The van der Waals surface area contributed by atoms with Gasteiger partial charge in [-0.2, -0.15) is 0 Å². The van der Waals surface area contributed by atoms with Crippen LogP contribution in [0.2, 0.25) is 0 Å². The van der Waals surface area contributed by atoms with Gasteiger partial charge in [-0.15, -0.1) is 0 Å². The van der Waals surface area contributed by atoms with Crippen LogP contribution in [0.15, 0.2) is 0 Å². The summed E-state index contributed by atoms with van der Waals surface area (Å²) in [6, 6.07) is 0.